The van der Waals surface area contributed by atoms with E-state index >= 15 is 0 Å². The van der Waals surface area contributed by atoms with Gasteiger partial charge in [0.1, 0.15) is 18.3 Å². The van der Waals surface area contributed by atoms with Gasteiger partial charge in [-0.3, -0.25) is 18.9 Å². The lowest BCUT2D eigenvalue weighted by molar-refractivity contribution is -0.0272. The summed E-state index contributed by atoms with van der Waals surface area (Å²) in [7, 11) is -16.8. The van der Waals surface area contributed by atoms with Crippen molar-refractivity contribution in [3.8, 4) is 0 Å². The Hall–Kier alpha value is -1.06. The number of aliphatic hydroxyl groups is 1. The van der Waals surface area contributed by atoms with Crippen molar-refractivity contribution in [3.05, 3.63) is 33.1 Å². The van der Waals surface area contributed by atoms with Crippen LogP contribution in [-0.2, 0) is 38.1 Å². The summed E-state index contributed by atoms with van der Waals surface area (Å²) in [6, 6.07) is 0.981. The maximum atomic E-state index is 14.9. The van der Waals surface area contributed by atoms with Crippen molar-refractivity contribution in [1.82, 2.24) is 9.55 Å². The number of rotatable bonds is 9. The minimum atomic E-state index is -5.75. The molecule has 178 valence electrons. The molecule has 0 saturated carbocycles. The zero-order chi connectivity index (χ0) is 23.8. The van der Waals surface area contributed by atoms with Gasteiger partial charge in [0.05, 0.1) is 13.2 Å². The maximum Gasteiger partial charge on any atom is 0.490 e. The monoisotopic (exact) mass is 514 g/mol. The minimum absolute atomic E-state index is 0.481. The normalized spacial score (nSPS) is 30.6. The van der Waals surface area contributed by atoms with Gasteiger partial charge in [0.2, 0.25) is 0 Å². The summed E-state index contributed by atoms with van der Waals surface area (Å²) in [6.45, 7) is -0.656. The fraction of sp³-hybridized carbons (Fsp3) is 0.636. The lowest BCUT2D eigenvalue weighted by Gasteiger charge is -2.24. The number of phosphoric acid groups is 3. The van der Waals surface area contributed by atoms with Gasteiger partial charge in [-0.15, -0.1) is 0 Å². The first-order valence-corrected chi connectivity index (χ1v) is 12.5. The quantitative estimate of drug-likeness (QED) is 0.211. The van der Waals surface area contributed by atoms with Gasteiger partial charge >= 0.3 is 29.2 Å². The van der Waals surface area contributed by atoms with E-state index in [2.05, 4.69) is 13.1 Å². The lowest BCUT2D eigenvalue weighted by atomic mass is 9.95. The number of hydrogen-bond acceptors (Lipinski definition) is 10. The second kappa shape index (κ2) is 9.06. The molecule has 2 rings (SSSR count). The molecule has 2 heterocycles. The molecule has 1 saturated heterocycles. The van der Waals surface area contributed by atoms with Crippen LogP contribution in [0.4, 0.5) is 4.39 Å². The van der Waals surface area contributed by atoms with Gasteiger partial charge in [0.25, 0.3) is 5.56 Å². The molecule has 6 N–H and O–H groups in total. The van der Waals surface area contributed by atoms with Gasteiger partial charge in [-0.05, 0) is 6.92 Å². The van der Waals surface area contributed by atoms with Gasteiger partial charge in [-0.2, -0.15) is 8.62 Å². The van der Waals surface area contributed by atoms with E-state index in [0.29, 0.717) is 0 Å². The second-order valence-electron chi connectivity index (χ2n) is 6.41. The number of alkyl halides is 1. The van der Waals surface area contributed by atoms with Gasteiger partial charge in [-0.1, -0.05) is 0 Å². The first kappa shape index (κ1) is 26.2. The number of phosphoric ester groups is 1. The van der Waals surface area contributed by atoms with Crippen molar-refractivity contribution in [2.45, 2.75) is 37.4 Å². The van der Waals surface area contributed by atoms with Crippen LogP contribution in [0.2, 0.25) is 0 Å². The largest absolute Gasteiger partial charge is 0.490 e. The second-order valence-corrected chi connectivity index (χ2v) is 10.8. The van der Waals surface area contributed by atoms with E-state index in [1.165, 1.54) is 0 Å². The van der Waals surface area contributed by atoms with E-state index in [1.54, 1.807) is 0 Å². The van der Waals surface area contributed by atoms with Crippen molar-refractivity contribution in [2.24, 2.45) is 0 Å². The molecule has 20 heteroatoms. The average molecular weight is 514 g/mol. The van der Waals surface area contributed by atoms with Crippen LogP contribution >= 0.6 is 23.5 Å². The minimum Gasteiger partial charge on any atom is -0.387 e. The molecule has 3 unspecified atom stereocenters. The lowest BCUT2D eigenvalue weighted by Crippen LogP contribution is -2.44. The van der Waals surface area contributed by atoms with Crippen LogP contribution in [-0.4, -0.2) is 64.8 Å². The third-order valence-electron chi connectivity index (χ3n) is 3.98. The molecule has 0 radical (unpaired) electrons. The van der Waals surface area contributed by atoms with E-state index in [4.69, 9.17) is 19.4 Å². The Morgan fingerprint density at radius 3 is 2.35 bits per heavy atom. The van der Waals surface area contributed by atoms with Crippen molar-refractivity contribution in [1.29, 1.82) is 0 Å². The SMILES string of the molecule is C[C@]1(F)[C@H](Cn2ccc(=O)[nH]c2=O)OC(COP(=O)(O)OP(=O)(O)OP(=O)(O)O)[C@H]1O. The molecule has 1 fully saturated rings. The summed E-state index contributed by atoms with van der Waals surface area (Å²) < 4.78 is 65.9. The molecule has 0 bridgehead atoms. The number of aromatic nitrogens is 2. The number of nitrogens with zero attached hydrogens (tertiary/aromatic N) is 1. The molecule has 0 amide bonds. The first-order valence-electron chi connectivity index (χ1n) is 8.02. The van der Waals surface area contributed by atoms with Crippen LogP contribution in [0.1, 0.15) is 6.92 Å². The smallest absolute Gasteiger partial charge is 0.387 e. The summed E-state index contributed by atoms with van der Waals surface area (Å²) >= 11 is 0. The van der Waals surface area contributed by atoms with Gasteiger partial charge in [0.15, 0.2) is 5.67 Å². The summed E-state index contributed by atoms with van der Waals surface area (Å²) in [5, 5.41) is 10.1. The fourth-order valence-electron chi connectivity index (χ4n) is 2.56. The first-order chi connectivity index (χ1) is 13.9. The predicted molar refractivity (Wildman–Crippen MR) is 95.3 cm³/mol. The van der Waals surface area contributed by atoms with E-state index in [1.807, 2.05) is 4.98 Å². The molecule has 0 aliphatic carbocycles. The highest BCUT2D eigenvalue weighted by Gasteiger charge is 2.54. The molecule has 0 spiro atoms. The van der Waals surface area contributed by atoms with Crippen LogP contribution in [0.15, 0.2) is 21.9 Å². The van der Waals surface area contributed by atoms with Crippen molar-refractivity contribution in [3.63, 3.8) is 0 Å². The van der Waals surface area contributed by atoms with Crippen molar-refractivity contribution >= 4 is 23.5 Å². The van der Waals surface area contributed by atoms with Crippen LogP contribution in [0.25, 0.3) is 0 Å². The average Bonchev–Trinajstić information content (AvgIpc) is 2.75. The number of ether oxygens (including phenoxy) is 1. The molecule has 0 aromatic carbocycles. The molecular formula is C11H18FN2O14P3. The van der Waals surface area contributed by atoms with Gasteiger partial charge in [0, 0.05) is 12.3 Å². The molecule has 1 aromatic heterocycles. The third-order valence-corrected chi connectivity index (χ3v) is 7.78. The topological polar surface area (TPSA) is 244 Å². The Labute approximate surface area is 171 Å². The zero-order valence-corrected chi connectivity index (χ0v) is 18.1. The molecule has 1 aliphatic rings. The van der Waals surface area contributed by atoms with Crippen LogP contribution < -0.4 is 11.2 Å². The van der Waals surface area contributed by atoms with Crippen molar-refractivity contribution < 1.29 is 60.6 Å². The number of nitrogens with one attached hydrogen (secondary N) is 1. The number of aromatic amines is 1. The highest BCUT2D eigenvalue weighted by atomic mass is 31.3. The van der Waals surface area contributed by atoms with E-state index < -0.39 is 71.8 Å². The number of H-pyrrole nitrogens is 1. The van der Waals surface area contributed by atoms with E-state index in [0.717, 1.165) is 23.8 Å². The summed E-state index contributed by atoms with van der Waals surface area (Å²) in [5.74, 6) is 0. The van der Waals surface area contributed by atoms with Crippen LogP contribution in [0, 0.1) is 0 Å². The van der Waals surface area contributed by atoms with E-state index in [9.17, 15) is 37.7 Å². The van der Waals surface area contributed by atoms with Crippen LogP contribution in [0.3, 0.4) is 0 Å². The number of hydrogen-bond donors (Lipinski definition) is 6. The Kier molecular flexibility index (Phi) is 7.65. The molecular weight excluding hydrogens is 496 g/mol. The number of halogens is 1. The van der Waals surface area contributed by atoms with E-state index in [-0.39, 0.29) is 0 Å². The molecule has 31 heavy (non-hydrogen) atoms. The molecule has 1 aromatic rings. The molecule has 1 aliphatic heterocycles. The van der Waals surface area contributed by atoms with Crippen molar-refractivity contribution in [2.75, 3.05) is 6.61 Å². The zero-order valence-electron chi connectivity index (χ0n) is 15.4. The Morgan fingerprint density at radius 2 is 1.81 bits per heavy atom. The van der Waals surface area contributed by atoms with Gasteiger partial charge in [-0.25, -0.2) is 22.9 Å². The number of aliphatic hydroxyl groups excluding tert-OH is 1. The Bertz CT molecular complexity index is 1060. The van der Waals surface area contributed by atoms with Crippen LogP contribution in [0.5, 0.6) is 0 Å². The highest BCUT2D eigenvalue weighted by molar-refractivity contribution is 7.66. The summed E-state index contributed by atoms with van der Waals surface area (Å²) in [5.41, 5.74) is -4.11. The molecule has 16 nitrogen and oxygen atoms in total. The Balaban J connectivity index is 2.06. The third kappa shape index (κ3) is 7.22. The molecule has 6 atom stereocenters. The highest BCUT2D eigenvalue weighted by Crippen LogP contribution is 2.66. The maximum absolute atomic E-state index is 14.9. The van der Waals surface area contributed by atoms with Gasteiger partial charge < -0.3 is 29.4 Å². The Morgan fingerprint density at radius 1 is 1.19 bits per heavy atom. The standard InChI is InChI=1S/C11H18FN2O14P3/c1-11(12)7(4-14-3-2-8(15)13-10(14)17)26-6(9(11)16)5-25-30(21,22)28-31(23,24)27-29(18,19)20/h2-3,6-7,9,16H,4-5H2,1H3,(H,21,22)(H,23,24)(H,13,15,17)(H2,18,19,20)/t6?,7-,9+,11-/m0/s1. The summed E-state index contributed by atoms with van der Waals surface area (Å²) in [4.78, 5) is 60.1. The fourth-order valence-corrected chi connectivity index (χ4v) is 5.59. The summed E-state index contributed by atoms with van der Waals surface area (Å²) in [6.07, 6.45) is -4.06. The predicted octanol–water partition coefficient (Wildman–Crippen LogP) is -1.26.